The van der Waals surface area contributed by atoms with Gasteiger partial charge in [0.05, 0.1) is 16.3 Å². The summed E-state index contributed by atoms with van der Waals surface area (Å²) in [6.07, 6.45) is 3.37. The normalized spacial score (nSPS) is 17.9. The Morgan fingerprint density at radius 1 is 1.03 bits per heavy atom. The Morgan fingerprint density at radius 3 is 2.41 bits per heavy atom. The molecule has 5 rings (SSSR count). The summed E-state index contributed by atoms with van der Waals surface area (Å²) in [6.45, 7) is -2.93. The summed E-state index contributed by atoms with van der Waals surface area (Å²) >= 11 is 0. The second-order valence-corrected chi connectivity index (χ2v) is 10.3. The highest BCUT2D eigenvalue weighted by molar-refractivity contribution is 7.90. The van der Waals surface area contributed by atoms with Crippen molar-refractivity contribution >= 4 is 15.5 Å². The SMILES string of the molecule is CO[C@@H]1C[C@H](c2ccccc2OC(F)F)c2c1nc1ccc(-c3ccc(S(C)(=O)=O)cc3)cn21. The van der Waals surface area contributed by atoms with E-state index in [9.17, 15) is 17.2 Å². The van der Waals surface area contributed by atoms with Gasteiger partial charge in [0.1, 0.15) is 17.5 Å². The van der Waals surface area contributed by atoms with E-state index in [-0.39, 0.29) is 22.7 Å². The van der Waals surface area contributed by atoms with E-state index in [0.29, 0.717) is 17.6 Å². The fraction of sp³-hybridized carbons (Fsp3) is 0.240. The van der Waals surface area contributed by atoms with Crippen LogP contribution >= 0.6 is 0 Å². The molecule has 6 nitrogen and oxygen atoms in total. The zero-order valence-corrected chi connectivity index (χ0v) is 19.3. The predicted molar refractivity (Wildman–Crippen MR) is 123 cm³/mol. The average molecular weight is 485 g/mol. The second-order valence-electron chi connectivity index (χ2n) is 8.25. The number of pyridine rings is 1. The number of aromatic nitrogens is 2. The number of hydrogen-bond donors (Lipinski definition) is 0. The van der Waals surface area contributed by atoms with Crippen molar-refractivity contribution < 1.29 is 26.7 Å². The van der Waals surface area contributed by atoms with Crippen LogP contribution in [0.5, 0.6) is 5.75 Å². The lowest BCUT2D eigenvalue weighted by atomic mass is 9.95. The van der Waals surface area contributed by atoms with Gasteiger partial charge in [0, 0.05) is 31.0 Å². The van der Waals surface area contributed by atoms with E-state index < -0.39 is 16.4 Å². The van der Waals surface area contributed by atoms with Crippen LogP contribution in [-0.4, -0.2) is 37.8 Å². The van der Waals surface area contributed by atoms with Gasteiger partial charge in [-0.25, -0.2) is 13.4 Å². The highest BCUT2D eigenvalue weighted by Gasteiger charge is 2.38. The molecule has 0 aliphatic heterocycles. The van der Waals surface area contributed by atoms with Crippen LogP contribution in [0.3, 0.4) is 0 Å². The average Bonchev–Trinajstić information content (AvgIpc) is 3.35. The van der Waals surface area contributed by atoms with Crippen molar-refractivity contribution in [2.45, 2.75) is 29.9 Å². The van der Waals surface area contributed by atoms with Crippen molar-refractivity contribution in [1.82, 2.24) is 9.38 Å². The minimum atomic E-state index is -3.29. The Balaban J connectivity index is 1.63. The van der Waals surface area contributed by atoms with Crippen LogP contribution in [0.1, 0.15) is 35.4 Å². The molecule has 0 bridgehead atoms. The molecule has 34 heavy (non-hydrogen) atoms. The summed E-state index contributed by atoms with van der Waals surface area (Å²) in [5.41, 5.74) is 4.69. The number of alkyl halides is 2. The highest BCUT2D eigenvalue weighted by Crippen LogP contribution is 2.48. The van der Waals surface area contributed by atoms with Gasteiger partial charge in [-0.1, -0.05) is 30.3 Å². The number of methoxy groups -OCH3 is 1. The molecule has 2 atom stereocenters. The van der Waals surface area contributed by atoms with Crippen molar-refractivity contribution in [3.63, 3.8) is 0 Å². The number of rotatable bonds is 6. The maximum absolute atomic E-state index is 13.1. The predicted octanol–water partition coefficient (Wildman–Crippen LogP) is 5.23. The van der Waals surface area contributed by atoms with Crippen LogP contribution < -0.4 is 4.74 Å². The maximum atomic E-state index is 13.1. The molecule has 2 aromatic carbocycles. The number of imidazole rings is 1. The van der Waals surface area contributed by atoms with Gasteiger partial charge in [-0.2, -0.15) is 8.78 Å². The molecule has 1 aliphatic rings. The maximum Gasteiger partial charge on any atom is 0.387 e. The summed E-state index contributed by atoms with van der Waals surface area (Å²) in [4.78, 5) is 5.01. The lowest BCUT2D eigenvalue weighted by Crippen LogP contribution is -2.08. The van der Waals surface area contributed by atoms with Crippen LogP contribution in [0, 0.1) is 0 Å². The first-order valence-electron chi connectivity index (χ1n) is 10.6. The van der Waals surface area contributed by atoms with Crippen LogP contribution in [0.4, 0.5) is 8.78 Å². The van der Waals surface area contributed by atoms with Crippen molar-refractivity contribution in [1.29, 1.82) is 0 Å². The van der Waals surface area contributed by atoms with Crippen LogP contribution in [0.2, 0.25) is 0 Å². The van der Waals surface area contributed by atoms with Crippen molar-refractivity contribution in [2.24, 2.45) is 0 Å². The van der Waals surface area contributed by atoms with E-state index in [1.54, 1.807) is 55.6 Å². The minimum absolute atomic E-state index is 0.132. The third-order valence-electron chi connectivity index (χ3n) is 6.18. The fourth-order valence-electron chi connectivity index (χ4n) is 4.62. The standard InChI is InChI=1S/C25H22F2N2O4S/c1-32-21-13-19(18-5-3-4-6-20(18)33-25(26)27)24-23(21)28-22-12-9-16(14-29(22)24)15-7-10-17(11-8-15)34(2,30)31/h3-12,14,19,21,25H,13H2,1-2H3/t19-,21-/m1/s1. The molecule has 0 saturated heterocycles. The lowest BCUT2D eigenvalue weighted by Gasteiger charge is -2.18. The van der Waals surface area contributed by atoms with Gasteiger partial charge < -0.3 is 13.9 Å². The van der Waals surface area contributed by atoms with Crippen LogP contribution in [-0.2, 0) is 14.6 Å². The summed E-state index contributed by atoms with van der Waals surface area (Å²) in [5, 5.41) is 0. The van der Waals surface area contributed by atoms with E-state index in [4.69, 9.17) is 14.5 Å². The number of sulfone groups is 1. The van der Waals surface area contributed by atoms with E-state index >= 15 is 0 Å². The smallest absolute Gasteiger partial charge is 0.387 e. The third-order valence-corrected chi connectivity index (χ3v) is 7.31. The molecular formula is C25H22F2N2O4S. The quantitative estimate of drug-likeness (QED) is 0.375. The van der Waals surface area contributed by atoms with Crippen molar-refractivity contribution in [3.05, 3.63) is 83.8 Å². The molecule has 9 heteroatoms. The number of fused-ring (bicyclic) bond motifs is 3. The van der Waals surface area contributed by atoms with Gasteiger partial charge >= 0.3 is 6.61 Å². The zero-order valence-electron chi connectivity index (χ0n) is 18.5. The molecule has 1 aliphatic carbocycles. The number of hydrogen-bond acceptors (Lipinski definition) is 5. The van der Waals surface area contributed by atoms with Gasteiger partial charge in [-0.15, -0.1) is 0 Å². The van der Waals surface area contributed by atoms with Crippen molar-refractivity contribution in [3.8, 4) is 16.9 Å². The van der Waals surface area contributed by atoms with E-state index in [1.807, 2.05) is 22.7 Å². The first-order valence-corrected chi connectivity index (χ1v) is 12.5. The Hall–Kier alpha value is -3.30. The fourth-order valence-corrected chi connectivity index (χ4v) is 5.25. The molecule has 0 N–H and O–H groups in total. The van der Waals surface area contributed by atoms with Gasteiger partial charge in [-0.05, 0) is 47.9 Å². The topological polar surface area (TPSA) is 69.9 Å². The number of para-hydroxylation sites is 1. The number of ether oxygens (including phenoxy) is 2. The summed E-state index contributed by atoms with van der Waals surface area (Å²) < 4.78 is 62.1. The van der Waals surface area contributed by atoms with Gasteiger partial charge in [0.25, 0.3) is 0 Å². The Morgan fingerprint density at radius 2 is 1.74 bits per heavy atom. The van der Waals surface area contributed by atoms with E-state index in [0.717, 1.165) is 22.5 Å². The minimum Gasteiger partial charge on any atom is -0.435 e. The lowest BCUT2D eigenvalue weighted by molar-refractivity contribution is -0.0506. The summed E-state index contributed by atoms with van der Waals surface area (Å²) in [7, 11) is -1.68. The second kappa shape index (κ2) is 8.48. The molecular weight excluding hydrogens is 462 g/mol. The number of halogens is 2. The van der Waals surface area contributed by atoms with Gasteiger partial charge in [0.15, 0.2) is 9.84 Å². The molecule has 0 radical (unpaired) electrons. The van der Waals surface area contributed by atoms with Gasteiger partial charge in [-0.3, -0.25) is 0 Å². The molecule has 0 fully saturated rings. The van der Waals surface area contributed by atoms with Crippen molar-refractivity contribution in [2.75, 3.05) is 13.4 Å². The van der Waals surface area contributed by atoms with E-state index in [2.05, 4.69) is 0 Å². The van der Waals surface area contributed by atoms with Gasteiger partial charge in [0.2, 0.25) is 0 Å². The molecule has 0 spiro atoms. The Labute approximate surface area is 195 Å². The monoisotopic (exact) mass is 484 g/mol. The molecule has 4 aromatic rings. The van der Waals surface area contributed by atoms with Crippen LogP contribution in [0.15, 0.2) is 71.8 Å². The molecule has 0 unspecified atom stereocenters. The zero-order chi connectivity index (χ0) is 24.0. The summed E-state index contributed by atoms with van der Waals surface area (Å²) in [6, 6.07) is 17.3. The first kappa shape index (κ1) is 22.5. The molecule has 0 saturated carbocycles. The Kier molecular flexibility index (Phi) is 5.61. The number of benzene rings is 2. The molecule has 0 amide bonds. The molecule has 2 aromatic heterocycles. The molecule has 176 valence electrons. The third kappa shape index (κ3) is 3.95. The first-order chi connectivity index (χ1) is 16.3. The van der Waals surface area contributed by atoms with Crippen LogP contribution in [0.25, 0.3) is 16.8 Å². The number of nitrogens with zero attached hydrogens (tertiary/aromatic N) is 2. The Bertz CT molecular complexity index is 1470. The largest absolute Gasteiger partial charge is 0.435 e. The highest BCUT2D eigenvalue weighted by atomic mass is 32.2. The van der Waals surface area contributed by atoms with E-state index in [1.165, 1.54) is 6.26 Å². The molecule has 2 heterocycles. The summed E-state index contributed by atoms with van der Waals surface area (Å²) in [5.74, 6) is -0.125.